The number of anilines is 1. The molecule has 0 radical (unpaired) electrons. The van der Waals surface area contributed by atoms with Crippen molar-refractivity contribution in [2.75, 3.05) is 5.32 Å². The van der Waals surface area contributed by atoms with Gasteiger partial charge < -0.3 is 5.32 Å². The number of hydrogen-bond donors (Lipinski definition) is 1. The third kappa shape index (κ3) is 3.53. The van der Waals surface area contributed by atoms with Gasteiger partial charge in [-0.05, 0) is 40.8 Å². The molecule has 0 saturated heterocycles. The fourth-order valence-electron chi connectivity index (χ4n) is 2.48. The van der Waals surface area contributed by atoms with Crippen LogP contribution >= 0.6 is 11.3 Å². The van der Waals surface area contributed by atoms with Crippen molar-refractivity contribution >= 4 is 33.1 Å². The molecule has 2 heterocycles. The first-order chi connectivity index (χ1) is 12.3. The average Bonchev–Trinajstić information content (AvgIpc) is 3.29. The van der Waals surface area contributed by atoms with Crippen molar-refractivity contribution in [2.45, 2.75) is 12.8 Å². The first kappa shape index (κ1) is 15.4. The molecule has 4 rings (SSSR count). The van der Waals surface area contributed by atoms with Crippen molar-refractivity contribution in [1.82, 2.24) is 25.2 Å². The average molecular weight is 350 g/mol. The van der Waals surface area contributed by atoms with Gasteiger partial charge in [0.15, 0.2) is 0 Å². The third-order valence-corrected chi connectivity index (χ3v) is 4.74. The normalized spacial score (nSPS) is 10.9. The number of para-hydroxylation sites is 1. The molecule has 0 aliphatic heterocycles. The van der Waals surface area contributed by atoms with Gasteiger partial charge >= 0.3 is 0 Å². The van der Waals surface area contributed by atoms with Gasteiger partial charge in [-0.15, -0.1) is 16.4 Å². The number of tetrazole rings is 1. The molecule has 124 valence electrons. The lowest BCUT2D eigenvalue weighted by Crippen LogP contribution is -2.12. The first-order valence-corrected chi connectivity index (χ1v) is 8.57. The number of fused-ring (bicyclic) bond motifs is 1. The molecule has 8 heteroatoms. The van der Waals surface area contributed by atoms with Crippen molar-refractivity contribution in [1.29, 1.82) is 0 Å². The number of hydrogen-bond acceptors (Lipinski definition) is 6. The lowest BCUT2D eigenvalue weighted by atomic mass is 10.2. The minimum Gasteiger partial charge on any atom is -0.326 e. The van der Waals surface area contributed by atoms with E-state index >= 15 is 0 Å². The maximum Gasteiger partial charge on any atom is 0.224 e. The summed E-state index contributed by atoms with van der Waals surface area (Å²) in [5.74, 6) is -0.0480. The zero-order valence-electron chi connectivity index (χ0n) is 13.2. The van der Waals surface area contributed by atoms with Crippen molar-refractivity contribution in [2.24, 2.45) is 0 Å². The zero-order valence-corrected chi connectivity index (χ0v) is 14.0. The predicted octanol–water partition coefficient (Wildman–Crippen LogP) is 2.84. The van der Waals surface area contributed by atoms with Gasteiger partial charge in [-0.2, -0.15) is 0 Å². The van der Waals surface area contributed by atoms with Crippen LogP contribution in [-0.2, 0) is 11.2 Å². The highest BCUT2D eigenvalue weighted by atomic mass is 32.1. The summed E-state index contributed by atoms with van der Waals surface area (Å²) in [6, 6.07) is 15.4. The molecule has 0 atom stereocenters. The molecule has 4 aromatic rings. The van der Waals surface area contributed by atoms with Crippen LogP contribution in [0.3, 0.4) is 0 Å². The number of rotatable bonds is 5. The van der Waals surface area contributed by atoms with Gasteiger partial charge in [0.05, 0.1) is 20.9 Å². The second-order valence-corrected chi connectivity index (χ2v) is 6.54. The number of aryl methyl sites for hydroxylation is 1. The quantitative estimate of drug-likeness (QED) is 0.598. The summed E-state index contributed by atoms with van der Waals surface area (Å²) in [7, 11) is 0. The number of nitrogens with zero attached hydrogens (tertiary/aromatic N) is 5. The van der Waals surface area contributed by atoms with Gasteiger partial charge in [0.25, 0.3) is 0 Å². The molecular weight excluding hydrogens is 336 g/mol. The Morgan fingerprint density at radius 2 is 2.08 bits per heavy atom. The summed E-state index contributed by atoms with van der Waals surface area (Å²) in [5, 5.41) is 14.9. The Hall–Kier alpha value is -3.13. The van der Waals surface area contributed by atoms with E-state index in [9.17, 15) is 4.79 Å². The van der Waals surface area contributed by atoms with Crippen molar-refractivity contribution < 1.29 is 4.79 Å². The minimum atomic E-state index is -0.0480. The van der Waals surface area contributed by atoms with Gasteiger partial charge in [0.2, 0.25) is 5.91 Å². The molecule has 0 fully saturated rings. The van der Waals surface area contributed by atoms with Crippen LogP contribution in [0.5, 0.6) is 0 Å². The molecule has 0 spiro atoms. The van der Waals surface area contributed by atoms with E-state index in [0.717, 1.165) is 20.9 Å². The topological polar surface area (TPSA) is 85.6 Å². The monoisotopic (exact) mass is 350 g/mol. The molecular formula is C17H14N6OS. The molecule has 0 bridgehead atoms. The largest absolute Gasteiger partial charge is 0.326 e. The maximum atomic E-state index is 12.2. The van der Waals surface area contributed by atoms with Crippen LogP contribution in [-0.4, -0.2) is 31.1 Å². The Labute approximate surface area is 147 Å². The number of benzene rings is 2. The Kier molecular flexibility index (Phi) is 4.17. The molecule has 0 unspecified atom stereocenters. The first-order valence-electron chi connectivity index (χ1n) is 7.76. The number of carbonyl (C=O) groups is 1. The standard InChI is InChI=1S/C17H14N6OS/c24-16(8-9-17-20-14-6-1-2-7-15(14)25-17)19-12-4-3-5-13(10-12)23-11-18-21-22-23/h1-7,10-11H,8-9H2,(H,19,24). The van der Waals surface area contributed by atoms with Crippen molar-refractivity contribution in [3.63, 3.8) is 0 Å². The third-order valence-electron chi connectivity index (χ3n) is 3.65. The van der Waals surface area contributed by atoms with E-state index in [1.54, 1.807) is 11.3 Å². The summed E-state index contributed by atoms with van der Waals surface area (Å²) in [6.45, 7) is 0. The highest BCUT2D eigenvalue weighted by molar-refractivity contribution is 7.18. The Balaban J connectivity index is 1.39. The smallest absolute Gasteiger partial charge is 0.224 e. The van der Waals surface area contributed by atoms with Crippen LogP contribution < -0.4 is 5.32 Å². The summed E-state index contributed by atoms with van der Waals surface area (Å²) in [6.07, 6.45) is 2.51. The van der Waals surface area contributed by atoms with Crippen LogP contribution in [0, 0.1) is 0 Å². The summed E-state index contributed by atoms with van der Waals surface area (Å²) in [4.78, 5) is 16.8. The van der Waals surface area contributed by atoms with E-state index in [0.29, 0.717) is 18.5 Å². The maximum absolute atomic E-state index is 12.2. The second kappa shape index (κ2) is 6.78. The lowest BCUT2D eigenvalue weighted by Gasteiger charge is -2.06. The number of carbonyl (C=O) groups excluding carboxylic acids is 1. The lowest BCUT2D eigenvalue weighted by molar-refractivity contribution is -0.116. The molecule has 0 aliphatic rings. The molecule has 2 aromatic heterocycles. The van der Waals surface area contributed by atoms with Crippen molar-refractivity contribution in [3.05, 3.63) is 59.9 Å². The van der Waals surface area contributed by atoms with Crippen molar-refractivity contribution in [3.8, 4) is 5.69 Å². The van der Waals surface area contributed by atoms with E-state index in [4.69, 9.17) is 0 Å². The minimum absolute atomic E-state index is 0.0480. The Bertz CT molecular complexity index is 978. The molecule has 7 nitrogen and oxygen atoms in total. The summed E-state index contributed by atoms with van der Waals surface area (Å²) >= 11 is 1.63. The van der Waals surface area contributed by atoms with Gasteiger partial charge in [-0.1, -0.05) is 18.2 Å². The van der Waals surface area contributed by atoms with Gasteiger partial charge in [0, 0.05) is 18.5 Å². The molecule has 0 aliphatic carbocycles. The van der Waals surface area contributed by atoms with E-state index < -0.39 is 0 Å². The molecule has 1 N–H and O–H groups in total. The highest BCUT2D eigenvalue weighted by Gasteiger charge is 2.08. The van der Waals surface area contributed by atoms with E-state index in [-0.39, 0.29) is 5.91 Å². The van der Waals surface area contributed by atoms with Gasteiger partial charge in [-0.3, -0.25) is 4.79 Å². The Morgan fingerprint density at radius 3 is 2.92 bits per heavy atom. The molecule has 0 saturated carbocycles. The highest BCUT2D eigenvalue weighted by Crippen LogP contribution is 2.22. The SMILES string of the molecule is O=C(CCc1nc2ccccc2s1)Nc1cccc(-n2cnnn2)c1. The number of thiazole rings is 1. The zero-order chi connectivity index (χ0) is 17.1. The fourth-order valence-corrected chi connectivity index (χ4v) is 3.44. The van der Waals surface area contributed by atoms with Crippen LogP contribution in [0.2, 0.25) is 0 Å². The molecule has 2 aromatic carbocycles. The predicted molar refractivity (Wildman–Crippen MR) is 95.7 cm³/mol. The van der Waals surface area contributed by atoms with Crippen LogP contribution in [0.15, 0.2) is 54.9 Å². The summed E-state index contributed by atoms with van der Waals surface area (Å²) in [5.41, 5.74) is 2.48. The van der Waals surface area contributed by atoms with Gasteiger partial charge in [0.1, 0.15) is 6.33 Å². The van der Waals surface area contributed by atoms with E-state index in [1.807, 2.05) is 48.5 Å². The Morgan fingerprint density at radius 1 is 1.16 bits per heavy atom. The van der Waals surface area contributed by atoms with Crippen LogP contribution in [0.1, 0.15) is 11.4 Å². The van der Waals surface area contributed by atoms with Gasteiger partial charge in [-0.25, -0.2) is 9.67 Å². The van der Waals surface area contributed by atoms with Crippen LogP contribution in [0.4, 0.5) is 5.69 Å². The van der Waals surface area contributed by atoms with Crippen LogP contribution in [0.25, 0.3) is 15.9 Å². The summed E-state index contributed by atoms with van der Waals surface area (Å²) < 4.78 is 2.68. The number of aromatic nitrogens is 5. The molecule has 1 amide bonds. The van der Waals surface area contributed by atoms with E-state index in [2.05, 4.69) is 25.8 Å². The molecule has 25 heavy (non-hydrogen) atoms. The number of amides is 1. The van der Waals surface area contributed by atoms with E-state index in [1.165, 1.54) is 11.0 Å². The fraction of sp³-hybridized carbons (Fsp3) is 0.118. The number of nitrogens with one attached hydrogen (secondary N) is 1. The second-order valence-electron chi connectivity index (χ2n) is 5.43.